The van der Waals surface area contributed by atoms with Gasteiger partial charge in [0.1, 0.15) is 6.07 Å². The Balaban J connectivity index is 3.70. The van der Waals surface area contributed by atoms with Crippen molar-refractivity contribution in [2.75, 3.05) is 0 Å². The third-order valence-corrected chi connectivity index (χ3v) is 1.16. The molecule has 0 N–H and O–H groups in total. The Bertz CT molecular complexity index is 140. The second-order valence-corrected chi connectivity index (χ2v) is 2.30. The van der Waals surface area contributed by atoms with Crippen molar-refractivity contribution in [1.29, 1.82) is 5.26 Å². The second kappa shape index (κ2) is 5.62. The van der Waals surface area contributed by atoms with E-state index in [1.165, 1.54) is 0 Å². The van der Waals surface area contributed by atoms with Crippen LogP contribution in [0, 0.1) is 11.3 Å². The Morgan fingerprint density at radius 2 is 1.45 bits per heavy atom. The molecule has 0 saturated heterocycles. The van der Waals surface area contributed by atoms with Crippen LogP contribution in [0.4, 0.5) is 16.8 Å². The molecule has 0 aromatic heterocycles. The normalized spacial score (nSPS) is 11.1. The van der Waals surface area contributed by atoms with Gasteiger partial charge in [0.25, 0.3) is 6.29 Å². The van der Waals surface area contributed by atoms with Gasteiger partial charge in [-0.15, -0.1) is 0 Å². The molecule has 0 bridgehead atoms. The van der Waals surface area contributed by atoms with E-state index >= 15 is 0 Å². The van der Waals surface area contributed by atoms with Gasteiger partial charge in [-0.2, -0.15) is 22.0 Å². The van der Waals surface area contributed by atoms with Crippen LogP contribution in [0.2, 0.25) is 0 Å². The molecule has 0 aliphatic carbocycles. The van der Waals surface area contributed by atoms with Gasteiger partial charge in [-0.1, -0.05) is 0 Å². The number of nitrogens with zero attached hydrogens (tertiary/aromatic N) is 1. The van der Waals surface area contributed by atoms with Crippen molar-refractivity contribution in [2.24, 2.45) is 0 Å². The van der Waals surface area contributed by atoms with Crippen molar-refractivity contribution in [2.45, 2.75) is 6.29 Å². The molecule has 0 spiro atoms. The number of nitriles is 1. The molecule has 11 heavy (non-hydrogen) atoms. The highest BCUT2D eigenvalue weighted by Crippen LogP contribution is 2.46. The minimum atomic E-state index is -3.85. The smallest absolute Gasteiger partial charge is 0.261 e. The maximum absolute atomic E-state index is 11.3. The van der Waals surface area contributed by atoms with Crippen LogP contribution in [-0.4, -0.2) is 6.29 Å². The standard InChI is InChI=1S/C2HF4NO2P2/c3-10(4)8-2(1-7)9-11(5)6/h2H. The summed E-state index contributed by atoms with van der Waals surface area (Å²) in [5.74, 6) is 0. The average molecular weight is 209 g/mol. The van der Waals surface area contributed by atoms with Gasteiger partial charge in [0.15, 0.2) is 0 Å². The summed E-state index contributed by atoms with van der Waals surface area (Å²) in [5, 5.41) is 7.88. The van der Waals surface area contributed by atoms with Crippen molar-refractivity contribution in [3.8, 4) is 6.07 Å². The lowest BCUT2D eigenvalue weighted by molar-refractivity contribution is 0.0536. The van der Waals surface area contributed by atoms with Crippen molar-refractivity contribution < 1.29 is 25.8 Å². The van der Waals surface area contributed by atoms with Crippen LogP contribution in [0.5, 0.6) is 0 Å². The highest BCUT2D eigenvalue weighted by atomic mass is 31.2. The molecule has 0 rings (SSSR count). The van der Waals surface area contributed by atoms with E-state index in [2.05, 4.69) is 9.05 Å². The van der Waals surface area contributed by atoms with Gasteiger partial charge in [0.05, 0.1) is 0 Å². The third-order valence-electron chi connectivity index (χ3n) is 0.456. The summed E-state index contributed by atoms with van der Waals surface area (Å²) in [6.45, 7) is 0. The lowest BCUT2D eigenvalue weighted by Gasteiger charge is -2.06. The lowest BCUT2D eigenvalue weighted by atomic mass is 10.8. The maximum Gasteiger partial charge on any atom is 0.418 e. The molecule has 0 fully saturated rings. The Morgan fingerprint density at radius 3 is 1.64 bits per heavy atom. The Hall–Kier alpha value is -0.0100. The van der Waals surface area contributed by atoms with Gasteiger partial charge in [-0.3, -0.25) is 9.05 Å². The predicted molar refractivity (Wildman–Crippen MR) is 29.8 cm³/mol. The summed E-state index contributed by atoms with van der Waals surface area (Å²) >= 11 is 0. The van der Waals surface area contributed by atoms with E-state index in [0.29, 0.717) is 0 Å². The molecule has 0 aliphatic rings. The lowest BCUT2D eigenvalue weighted by Crippen LogP contribution is -2.05. The van der Waals surface area contributed by atoms with Crippen LogP contribution in [0.3, 0.4) is 0 Å². The van der Waals surface area contributed by atoms with Crippen molar-refractivity contribution in [3.63, 3.8) is 0 Å². The van der Waals surface area contributed by atoms with Gasteiger partial charge in [-0.25, -0.2) is 0 Å². The second-order valence-electron chi connectivity index (χ2n) is 1.08. The molecule has 0 aromatic rings. The van der Waals surface area contributed by atoms with Crippen LogP contribution < -0.4 is 0 Å². The maximum atomic E-state index is 11.3. The van der Waals surface area contributed by atoms with E-state index in [0.717, 1.165) is 6.07 Å². The van der Waals surface area contributed by atoms with E-state index in [-0.39, 0.29) is 0 Å². The Labute approximate surface area is 62.0 Å². The molecular weight excluding hydrogens is 208 g/mol. The first-order valence-electron chi connectivity index (χ1n) is 2.02. The fourth-order valence-corrected chi connectivity index (χ4v) is 0.749. The van der Waals surface area contributed by atoms with Gasteiger partial charge >= 0.3 is 17.5 Å². The molecule has 0 aliphatic heterocycles. The zero-order chi connectivity index (χ0) is 8.85. The van der Waals surface area contributed by atoms with E-state index in [1.54, 1.807) is 0 Å². The summed E-state index contributed by atoms with van der Waals surface area (Å²) < 4.78 is 52.0. The first-order chi connectivity index (χ1) is 5.06. The average Bonchev–Trinajstić information content (AvgIpc) is 1.84. The van der Waals surface area contributed by atoms with E-state index in [9.17, 15) is 16.8 Å². The largest absolute Gasteiger partial charge is 0.418 e. The molecule has 0 radical (unpaired) electrons. The van der Waals surface area contributed by atoms with Crippen LogP contribution in [0.25, 0.3) is 0 Å². The van der Waals surface area contributed by atoms with E-state index in [1.807, 2.05) is 0 Å². The van der Waals surface area contributed by atoms with Crippen LogP contribution in [0.15, 0.2) is 0 Å². The minimum absolute atomic E-state index is 0.993. The highest BCUT2D eigenvalue weighted by Gasteiger charge is 2.21. The molecule has 64 valence electrons. The third kappa shape index (κ3) is 6.39. The molecule has 9 heteroatoms. The van der Waals surface area contributed by atoms with Gasteiger partial charge in [-0.05, 0) is 0 Å². The summed E-state index contributed by atoms with van der Waals surface area (Å²) in [4.78, 5) is 0. The van der Waals surface area contributed by atoms with E-state index in [4.69, 9.17) is 5.26 Å². The van der Waals surface area contributed by atoms with Gasteiger partial charge < -0.3 is 0 Å². The quantitative estimate of drug-likeness (QED) is 0.405. The first kappa shape index (κ1) is 11.0. The molecule has 0 aromatic carbocycles. The first-order valence-corrected chi connectivity index (χ1v) is 4.11. The number of hydrogen-bond donors (Lipinski definition) is 0. The molecule has 0 amide bonds. The highest BCUT2D eigenvalue weighted by molar-refractivity contribution is 7.41. The molecule has 0 unspecified atom stereocenters. The summed E-state index contributed by atoms with van der Waals surface area (Å²) in [6.07, 6.45) is -2.17. The van der Waals surface area contributed by atoms with Crippen LogP contribution >= 0.6 is 17.5 Å². The molecule has 0 heterocycles. The molecule has 0 saturated carbocycles. The van der Waals surface area contributed by atoms with Crippen molar-refractivity contribution in [3.05, 3.63) is 0 Å². The van der Waals surface area contributed by atoms with Gasteiger partial charge in [0.2, 0.25) is 0 Å². The minimum Gasteiger partial charge on any atom is -0.261 e. The van der Waals surface area contributed by atoms with Crippen molar-refractivity contribution >= 4 is 17.5 Å². The topological polar surface area (TPSA) is 42.2 Å². The number of hydrogen-bond acceptors (Lipinski definition) is 3. The molecular formula is C2HF4NO2P2. The fourth-order valence-electron chi connectivity index (χ4n) is 0.211. The van der Waals surface area contributed by atoms with E-state index < -0.39 is 23.8 Å². The summed E-state index contributed by atoms with van der Waals surface area (Å²) in [5.41, 5.74) is 0. The summed E-state index contributed by atoms with van der Waals surface area (Å²) in [7, 11) is -7.69. The SMILES string of the molecule is N#CC(OP(F)F)OP(F)F. The molecule has 0 atom stereocenters. The van der Waals surface area contributed by atoms with Crippen LogP contribution in [-0.2, 0) is 9.05 Å². The zero-order valence-corrected chi connectivity index (χ0v) is 6.54. The number of rotatable bonds is 4. The Kier molecular flexibility index (Phi) is 5.61. The zero-order valence-electron chi connectivity index (χ0n) is 4.75. The monoisotopic (exact) mass is 209 g/mol. The number of halogens is 4. The van der Waals surface area contributed by atoms with Crippen LogP contribution in [0.1, 0.15) is 0 Å². The predicted octanol–water partition coefficient (Wildman–Crippen LogP) is 3.20. The van der Waals surface area contributed by atoms with Gasteiger partial charge in [0, 0.05) is 0 Å². The fraction of sp³-hybridized carbons (Fsp3) is 0.500. The Morgan fingerprint density at radius 1 is 1.09 bits per heavy atom. The molecule has 3 nitrogen and oxygen atoms in total. The summed E-state index contributed by atoms with van der Waals surface area (Å²) in [6, 6.07) is 0.993. The van der Waals surface area contributed by atoms with Crippen molar-refractivity contribution in [1.82, 2.24) is 0 Å².